The third kappa shape index (κ3) is 5.77. The lowest BCUT2D eigenvalue weighted by Crippen LogP contribution is -2.28. The third-order valence-corrected chi connectivity index (χ3v) is 8.53. The predicted octanol–water partition coefficient (Wildman–Crippen LogP) is 9.50. The van der Waals surface area contributed by atoms with Crippen molar-refractivity contribution in [3.05, 3.63) is 128 Å². The monoisotopic (exact) mass is 660 g/mol. The van der Waals surface area contributed by atoms with Gasteiger partial charge in [-0.1, -0.05) is 66.2 Å². The van der Waals surface area contributed by atoms with Crippen LogP contribution in [0.15, 0.2) is 102 Å². The Morgan fingerprint density at radius 2 is 1.85 bits per heavy atom. The molecule has 3 atom stereocenters. The number of allylic oxidation sites excluding steroid dienone is 2. The SMILES string of the molecule is CCOc1cc(C=Nc2ccc([C@@H]3Nc4ccccc4[C@H]4C=CC[C@@H]43)cc2)cc(I)c1OCc1cccc(Cl)c1. The Morgan fingerprint density at radius 1 is 1.00 bits per heavy atom. The van der Waals surface area contributed by atoms with Gasteiger partial charge in [-0.3, -0.25) is 4.99 Å². The molecular weight excluding hydrogens is 631 g/mol. The number of nitrogens with zero attached hydrogens (tertiary/aromatic N) is 1. The molecule has 6 rings (SSSR count). The molecule has 202 valence electrons. The molecule has 0 saturated carbocycles. The van der Waals surface area contributed by atoms with E-state index in [1.54, 1.807) is 0 Å². The summed E-state index contributed by atoms with van der Waals surface area (Å²) in [5.74, 6) is 2.43. The van der Waals surface area contributed by atoms with Crippen molar-refractivity contribution in [1.82, 2.24) is 0 Å². The normalized spacial score (nSPS) is 19.2. The van der Waals surface area contributed by atoms with Crippen LogP contribution in [-0.2, 0) is 6.61 Å². The van der Waals surface area contributed by atoms with Crippen LogP contribution in [0.1, 0.15) is 47.6 Å². The molecule has 4 aromatic carbocycles. The van der Waals surface area contributed by atoms with E-state index in [1.807, 2.05) is 43.5 Å². The fraction of sp³-hybridized carbons (Fsp3) is 0.206. The second-order valence-electron chi connectivity index (χ2n) is 10.1. The highest BCUT2D eigenvalue weighted by Crippen LogP contribution is 2.49. The number of para-hydroxylation sites is 1. The maximum absolute atomic E-state index is 6.16. The number of hydrogen-bond acceptors (Lipinski definition) is 4. The average molecular weight is 661 g/mol. The summed E-state index contributed by atoms with van der Waals surface area (Å²) in [4.78, 5) is 4.77. The maximum atomic E-state index is 6.16. The first-order valence-corrected chi connectivity index (χ1v) is 15.0. The number of rotatable bonds is 8. The highest BCUT2D eigenvalue weighted by Gasteiger charge is 2.37. The lowest BCUT2D eigenvalue weighted by Gasteiger charge is -2.37. The van der Waals surface area contributed by atoms with Crippen LogP contribution >= 0.6 is 34.2 Å². The van der Waals surface area contributed by atoms with E-state index in [0.717, 1.165) is 32.6 Å². The van der Waals surface area contributed by atoms with Crippen LogP contribution in [0, 0.1) is 9.49 Å². The van der Waals surface area contributed by atoms with Crippen LogP contribution in [0.5, 0.6) is 11.5 Å². The van der Waals surface area contributed by atoms with Gasteiger partial charge in [0.25, 0.3) is 0 Å². The highest BCUT2D eigenvalue weighted by molar-refractivity contribution is 14.1. The second kappa shape index (κ2) is 12.1. The third-order valence-electron chi connectivity index (χ3n) is 7.49. The topological polar surface area (TPSA) is 42.8 Å². The maximum Gasteiger partial charge on any atom is 0.175 e. The molecule has 2 aliphatic rings. The summed E-state index contributed by atoms with van der Waals surface area (Å²) in [5.41, 5.74) is 6.81. The van der Waals surface area contributed by atoms with E-state index in [9.17, 15) is 0 Å². The fourth-order valence-corrected chi connectivity index (χ4v) is 6.63. The Balaban J connectivity index is 1.18. The Hall–Kier alpha value is -3.29. The molecule has 1 N–H and O–H groups in total. The lowest BCUT2D eigenvalue weighted by molar-refractivity contribution is 0.267. The second-order valence-corrected chi connectivity index (χ2v) is 11.7. The summed E-state index contributed by atoms with van der Waals surface area (Å²) in [6.45, 7) is 2.93. The van der Waals surface area contributed by atoms with Crippen molar-refractivity contribution in [2.75, 3.05) is 11.9 Å². The first kappa shape index (κ1) is 26.9. The summed E-state index contributed by atoms with van der Waals surface area (Å²) in [5, 5.41) is 4.50. The van der Waals surface area contributed by atoms with E-state index >= 15 is 0 Å². The molecule has 6 heteroatoms. The molecule has 0 aromatic heterocycles. The number of nitrogens with one attached hydrogen (secondary N) is 1. The zero-order chi connectivity index (χ0) is 27.5. The van der Waals surface area contributed by atoms with E-state index in [1.165, 1.54) is 16.8 Å². The quantitative estimate of drug-likeness (QED) is 0.116. The fourth-order valence-electron chi connectivity index (χ4n) is 5.64. The van der Waals surface area contributed by atoms with Crippen LogP contribution in [0.2, 0.25) is 5.02 Å². The molecule has 0 spiro atoms. The van der Waals surface area contributed by atoms with Crippen molar-refractivity contribution in [3.63, 3.8) is 0 Å². The Morgan fingerprint density at radius 3 is 2.67 bits per heavy atom. The molecule has 4 aromatic rings. The van der Waals surface area contributed by atoms with Gasteiger partial charge in [-0.05, 0) is 107 Å². The number of aliphatic imine (C=N–C) groups is 1. The summed E-state index contributed by atoms with van der Waals surface area (Å²) >= 11 is 8.42. The smallest absolute Gasteiger partial charge is 0.175 e. The first-order chi connectivity index (χ1) is 19.6. The standard InChI is InChI=1S/C34H30ClIN2O2/c1-2-39-32-19-23(18-30(36)34(32)40-21-22-7-5-8-25(35)17-22)20-37-26-15-13-24(14-16-26)33-29-11-6-10-27(29)28-9-3-4-12-31(28)38-33/h3-10,12-20,27,29,33,38H,2,11,21H2,1H3/t27-,29+,33+/m1/s1. The van der Waals surface area contributed by atoms with Gasteiger partial charge in [0.05, 0.1) is 21.9 Å². The predicted molar refractivity (Wildman–Crippen MR) is 173 cm³/mol. The summed E-state index contributed by atoms with van der Waals surface area (Å²) in [6.07, 6.45) is 7.68. The van der Waals surface area contributed by atoms with Crippen molar-refractivity contribution in [3.8, 4) is 11.5 Å². The van der Waals surface area contributed by atoms with Gasteiger partial charge in [0, 0.05) is 22.8 Å². The van der Waals surface area contributed by atoms with Crippen molar-refractivity contribution in [2.24, 2.45) is 10.9 Å². The molecule has 1 heterocycles. The minimum atomic E-state index is 0.280. The van der Waals surface area contributed by atoms with E-state index < -0.39 is 0 Å². The summed E-state index contributed by atoms with van der Waals surface area (Å²) in [6, 6.07) is 29.3. The van der Waals surface area contributed by atoms with Crippen molar-refractivity contribution in [2.45, 2.75) is 31.9 Å². The Bertz CT molecular complexity index is 1570. The Kier molecular flexibility index (Phi) is 8.12. The number of benzene rings is 4. The molecule has 0 radical (unpaired) electrons. The number of ether oxygens (including phenoxy) is 2. The van der Waals surface area contributed by atoms with E-state index in [4.69, 9.17) is 26.1 Å². The van der Waals surface area contributed by atoms with Gasteiger partial charge in [-0.2, -0.15) is 0 Å². The molecule has 0 saturated heterocycles. The molecule has 0 amide bonds. The van der Waals surface area contributed by atoms with Crippen LogP contribution in [0.25, 0.3) is 0 Å². The van der Waals surface area contributed by atoms with Crippen molar-refractivity contribution in [1.29, 1.82) is 0 Å². The number of anilines is 1. The minimum absolute atomic E-state index is 0.280. The van der Waals surface area contributed by atoms with E-state index in [0.29, 0.717) is 35.8 Å². The summed E-state index contributed by atoms with van der Waals surface area (Å²) in [7, 11) is 0. The molecule has 40 heavy (non-hydrogen) atoms. The van der Waals surface area contributed by atoms with Gasteiger partial charge in [-0.15, -0.1) is 0 Å². The Labute approximate surface area is 254 Å². The van der Waals surface area contributed by atoms with Gasteiger partial charge >= 0.3 is 0 Å². The lowest BCUT2D eigenvalue weighted by atomic mass is 9.77. The van der Waals surface area contributed by atoms with E-state index in [2.05, 4.69) is 94.7 Å². The molecule has 1 aliphatic heterocycles. The summed E-state index contributed by atoms with van der Waals surface area (Å²) < 4.78 is 13.1. The van der Waals surface area contributed by atoms with Crippen LogP contribution in [0.4, 0.5) is 11.4 Å². The zero-order valence-electron chi connectivity index (χ0n) is 22.2. The minimum Gasteiger partial charge on any atom is -0.490 e. The van der Waals surface area contributed by atoms with Gasteiger partial charge in [0.2, 0.25) is 0 Å². The van der Waals surface area contributed by atoms with Crippen LogP contribution in [0.3, 0.4) is 0 Å². The van der Waals surface area contributed by atoms with Crippen LogP contribution < -0.4 is 14.8 Å². The number of fused-ring (bicyclic) bond motifs is 3. The molecular formula is C34H30ClIN2O2. The first-order valence-electron chi connectivity index (χ1n) is 13.6. The van der Waals surface area contributed by atoms with E-state index in [-0.39, 0.29) is 6.04 Å². The van der Waals surface area contributed by atoms with Crippen molar-refractivity contribution >= 4 is 51.8 Å². The van der Waals surface area contributed by atoms with Gasteiger partial charge < -0.3 is 14.8 Å². The molecule has 0 fully saturated rings. The largest absolute Gasteiger partial charge is 0.490 e. The van der Waals surface area contributed by atoms with Gasteiger partial charge in [-0.25, -0.2) is 0 Å². The molecule has 0 bridgehead atoms. The van der Waals surface area contributed by atoms with Gasteiger partial charge in [0.1, 0.15) is 6.61 Å². The number of halogens is 2. The zero-order valence-corrected chi connectivity index (χ0v) is 25.1. The highest BCUT2D eigenvalue weighted by atomic mass is 127. The van der Waals surface area contributed by atoms with Crippen LogP contribution in [-0.4, -0.2) is 12.8 Å². The van der Waals surface area contributed by atoms with Crippen molar-refractivity contribution < 1.29 is 9.47 Å². The molecule has 0 unspecified atom stereocenters. The molecule has 4 nitrogen and oxygen atoms in total. The number of hydrogen-bond donors (Lipinski definition) is 1. The average Bonchev–Trinajstić information content (AvgIpc) is 3.46. The van der Waals surface area contributed by atoms with Gasteiger partial charge in [0.15, 0.2) is 11.5 Å². The molecule has 1 aliphatic carbocycles.